The van der Waals surface area contributed by atoms with E-state index >= 15 is 0 Å². The van der Waals surface area contributed by atoms with Crippen molar-refractivity contribution < 1.29 is 4.74 Å². The summed E-state index contributed by atoms with van der Waals surface area (Å²) in [5, 5.41) is 12.0. The predicted molar refractivity (Wildman–Crippen MR) is 127 cm³/mol. The Hall–Kier alpha value is -1.32. The summed E-state index contributed by atoms with van der Waals surface area (Å²) in [7, 11) is 1.70. The molecule has 0 aliphatic heterocycles. The van der Waals surface area contributed by atoms with Crippen molar-refractivity contribution in [2.45, 2.75) is 40.3 Å². The van der Waals surface area contributed by atoms with Gasteiger partial charge in [-0.15, -0.1) is 24.0 Å². The summed E-state index contributed by atoms with van der Waals surface area (Å²) >= 11 is 6.04. The van der Waals surface area contributed by atoms with Gasteiger partial charge in [-0.3, -0.25) is 4.68 Å². The van der Waals surface area contributed by atoms with Gasteiger partial charge in [0.2, 0.25) is 0 Å². The Morgan fingerprint density at radius 3 is 2.75 bits per heavy atom. The Labute approximate surface area is 190 Å². The molecule has 0 bridgehead atoms. The van der Waals surface area contributed by atoms with Crippen LogP contribution in [0.15, 0.2) is 29.3 Å². The summed E-state index contributed by atoms with van der Waals surface area (Å²) in [6.45, 7) is 9.78. The lowest BCUT2D eigenvalue weighted by atomic mass is 10.1. The van der Waals surface area contributed by atoms with Gasteiger partial charge in [-0.2, -0.15) is 5.10 Å². The number of rotatable bonds is 9. The van der Waals surface area contributed by atoms with Gasteiger partial charge >= 0.3 is 0 Å². The Bertz CT molecular complexity index is 763. The molecule has 156 valence electrons. The molecule has 0 fully saturated rings. The topological polar surface area (TPSA) is 63.5 Å². The summed E-state index contributed by atoms with van der Waals surface area (Å²) in [5.41, 5.74) is 4.53. The maximum absolute atomic E-state index is 6.04. The third-order valence-corrected chi connectivity index (χ3v) is 4.61. The van der Waals surface area contributed by atoms with Crippen LogP contribution in [0.25, 0.3) is 0 Å². The van der Waals surface area contributed by atoms with Crippen molar-refractivity contribution >= 4 is 41.5 Å². The second-order valence-electron chi connectivity index (χ2n) is 6.37. The molecular weight excluding hydrogens is 489 g/mol. The van der Waals surface area contributed by atoms with E-state index in [2.05, 4.69) is 35.6 Å². The Kier molecular flexibility index (Phi) is 11.5. The summed E-state index contributed by atoms with van der Waals surface area (Å²) in [4.78, 5) is 4.73. The highest BCUT2D eigenvalue weighted by Gasteiger charge is 2.11. The third-order valence-electron chi connectivity index (χ3n) is 4.37. The van der Waals surface area contributed by atoms with Gasteiger partial charge in [0.05, 0.1) is 25.4 Å². The van der Waals surface area contributed by atoms with Crippen LogP contribution in [-0.2, 0) is 24.2 Å². The van der Waals surface area contributed by atoms with Crippen molar-refractivity contribution in [3.05, 3.63) is 51.8 Å². The van der Waals surface area contributed by atoms with Crippen LogP contribution in [0, 0.1) is 13.8 Å². The van der Waals surface area contributed by atoms with Crippen molar-refractivity contribution in [2.24, 2.45) is 4.99 Å². The quantitative estimate of drug-likeness (QED) is 0.301. The predicted octanol–water partition coefficient (Wildman–Crippen LogP) is 3.72. The molecule has 0 spiro atoms. The van der Waals surface area contributed by atoms with E-state index in [0.717, 1.165) is 54.0 Å². The molecule has 2 aromatic rings. The first kappa shape index (κ1) is 24.7. The molecule has 1 aromatic carbocycles. The zero-order valence-electron chi connectivity index (χ0n) is 17.1. The monoisotopic (exact) mass is 519 g/mol. The SMILES string of the molecule is CCNC(=NCc1c(C)nn(CCOC)c1C)NCCc1cccc(Cl)c1.I. The number of halogens is 2. The number of hydrogen-bond donors (Lipinski definition) is 2. The van der Waals surface area contributed by atoms with Gasteiger partial charge < -0.3 is 15.4 Å². The zero-order valence-corrected chi connectivity index (χ0v) is 20.2. The van der Waals surface area contributed by atoms with E-state index in [0.29, 0.717) is 13.2 Å². The summed E-state index contributed by atoms with van der Waals surface area (Å²) in [6.07, 6.45) is 0.887. The first-order valence-corrected chi connectivity index (χ1v) is 9.71. The highest BCUT2D eigenvalue weighted by molar-refractivity contribution is 14.0. The molecule has 0 aliphatic carbocycles. The molecule has 2 rings (SSSR count). The first-order chi connectivity index (χ1) is 13.0. The van der Waals surface area contributed by atoms with Gasteiger partial charge in [0.1, 0.15) is 0 Å². The first-order valence-electron chi connectivity index (χ1n) is 9.33. The van der Waals surface area contributed by atoms with Crippen LogP contribution in [0.3, 0.4) is 0 Å². The number of nitrogens with one attached hydrogen (secondary N) is 2. The number of aryl methyl sites for hydroxylation is 1. The highest BCUT2D eigenvalue weighted by atomic mass is 127. The zero-order chi connectivity index (χ0) is 19.6. The van der Waals surface area contributed by atoms with Gasteiger partial charge in [-0.25, -0.2) is 4.99 Å². The van der Waals surface area contributed by atoms with Gasteiger partial charge in [0.25, 0.3) is 0 Å². The van der Waals surface area contributed by atoms with Gasteiger partial charge in [0.15, 0.2) is 5.96 Å². The van der Waals surface area contributed by atoms with Crippen LogP contribution in [0.4, 0.5) is 0 Å². The average molecular weight is 520 g/mol. The van der Waals surface area contributed by atoms with Gasteiger partial charge in [-0.05, 0) is 44.9 Å². The smallest absolute Gasteiger partial charge is 0.191 e. The largest absolute Gasteiger partial charge is 0.383 e. The number of hydrogen-bond acceptors (Lipinski definition) is 3. The number of ether oxygens (including phenoxy) is 1. The highest BCUT2D eigenvalue weighted by Crippen LogP contribution is 2.14. The number of aromatic nitrogens is 2. The molecule has 0 saturated carbocycles. The molecule has 0 saturated heterocycles. The van der Waals surface area contributed by atoms with E-state index in [-0.39, 0.29) is 24.0 Å². The molecule has 2 N–H and O–H groups in total. The van der Waals surface area contributed by atoms with E-state index in [4.69, 9.17) is 21.3 Å². The van der Waals surface area contributed by atoms with E-state index in [9.17, 15) is 0 Å². The molecule has 1 heterocycles. The molecule has 0 aliphatic rings. The molecule has 0 unspecified atom stereocenters. The molecule has 0 radical (unpaired) electrons. The van der Waals surface area contributed by atoms with Crippen LogP contribution in [0.2, 0.25) is 5.02 Å². The van der Waals surface area contributed by atoms with Crippen LogP contribution in [0.5, 0.6) is 0 Å². The van der Waals surface area contributed by atoms with E-state index in [1.54, 1.807) is 7.11 Å². The fourth-order valence-electron chi connectivity index (χ4n) is 2.88. The van der Waals surface area contributed by atoms with Crippen molar-refractivity contribution in [1.82, 2.24) is 20.4 Å². The summed E-state index contributed by atoms with van der Waals surface area (Å²) < 4.78 is 7.14. The molecule has 8 heteroatoms. The minimum Gasteiger partial charge on any atom is -0.383 e. The molecule has 0 atom stereocenters. The second-order valence-corrected chi connectivity index (χ2v) is 6.80. The van der Waals surface area contributed by atoms with Crippen molar-refractivity contribution in [2.75, 3.05) is 26.8 Å². The third kappa shape index (κ3) is 7.60. The fraction of sp³-hybridized carbons (Fsp3) is 0.500. The number of aliphatic imine (C=N–C) groups is 1. The van der Waals surface area contributed by atoms with Crippen LogP contribution in [-0.4, -0.2) is 42.5 Å². The molecule has 6 nitrogen and oxygen atoms in total. The lowest BCUT2D eigenvalue weighted by Gasteiger charge is -2.11. The number of guanidine groups is 1. The Morgan fingerprint density at radius 1 is 1.29 bits per heavy atom. The maximum atomic E-state index is 6.04. The standard InChI is InChI=1S/C20H30ClN5O.HI/c1-5-22-20(23-10-9-17-7-6-8-18(21)13-17)24-14-19-15(2)25-26(16(19)3)11-12-27-4;/h6-8,13H,5,9-12,14H2,1-4H3,(H2,22,23,24);1H. The van der Waals surface area contributed by atoms with E-state index < -0.39 is 0 Å². The van der Waals surface area contributed by atoms with Crippen LogP contribution in [0.1, 0.15) is 29.4 Å². The molecule has 0 amide bonds. The lowest BCUT2D eigenvalue weighted by Crippen LogP contribution is -2.38. The summed E-state index contributed by atoms with van der Waals surface area (Å²) in [6, 6.07) is 7.94. The molecule has 28 heavy (non-hydrogen) atoms. The number of methoxy groups -OCH3 is 1. The fourth-order valence-corrected chi connectivity index (χ4v) is 3.09. The lowest BCUT2D eigenvalue weighted by molar-refractivity contribution is 0.182. The van der Waals surface area contributed by atoms with Crippen molar-refractivity contribution in [1.29, 1.82) is 0 Å². The molecule has 1 aromatic heterocycles. The minimum atomic E-state index is 0. The van der Waals surface area contributed by atoms with E-state index in [1.807, 2.05) is 29.8 Å². The van der Waals surface area contributed by atoms with Crippen molar-refractivity contribution in [3.8, 4) is 0 Å². The number of benzene rings is 1. The normalized spacial score (nSPS) is 11.2. The van der Waals surface area contributed by atoms with Crippen LogP contribution < -0.4 is 10.6 Å². The van der Waals surface area contributed by atoms with Gasteiger partial charge in [0, 0.05) is 36.5 Å². The van der Waals surface area contributed by atoms with E-state index in [1.165, 1.54) is 5.56 Å². The second kappa shape index (κ2) is 13.0. The van der Waals surface area contributed by atoms with Gasteiger partial charge in [-0.1, -0.05) is 23.7 Å². The Balaban J connectivity index is 0.00000392. The Morgan fingerprint density at radius 2 is 2.07 bits per heavy atom. The maximum Gasteiger partial charge on any atom is 0.191 e. The van der Waals surface area contributed by atoms with Crippen LogP contribution >= 0.6 is 35.6 Å². The number of nitrogens with zero attached hydrogens (tertiary/aromatic N) is 3. The van der Waals surface area contributed by atoms with Crippen molar-refractivity contribution in [3.63, 3.8) is 0 Å². The average Bonchev–Trinajstić information content (AvgIpc) is 2.91. The molecular formula is C20H31ClIN5O. The summed E-state index contributed by atoms with van der Waals surface area (Å²) in [5.74, 6) is 0.808. The minimum absolute atomic E-state index is 0.